The molecule has 1 fully saturated rings. The molecule has 1 heterocycles. The third-order valence-corrected chi connectivity index (χ3v) is 11.8. The van der Waals surface area contributed by atoms with Crippen molar-refractivity contribution in [1.82, 2.24) is 0 Å². The van der Waals surface area contributed by atoms with E-state index in [0.29, 0.717) is 13.2 Å². The second kappa shape index (κ2) is 11.3. The fraction of sp³-hybridized carbons (Fsp3) is 0.387. The summed E-state index contributed by atoms with van der Waals surface area (Å²) in [5.41, 5.74) is 1.08. The lowest BCUT2D eigenvalue weighted by Crippen LogP contribution is -2.68. The van der Waals surface area contributed by atoms with Crippen molar-refractivity contribution in [2.24, 2.45) is 0 Å². The third-order valence-electron chi connectivity index (χ3n) is 6.76. The van der Waals surface area contributed by atoms with E-state index in [0.717, 1.165) is 15.9 Å². The Hall–Kier alpha value is -2.79. The maximum Gasteiger partial charge on any atom is 0.262 e. The molecular weight excluding hydrogens is 478 g/mol. The highest BCUT2D eigenvalue weighted by Gasteiger charge is 2.55. The Morgan fingerprint density at radius 3 is 1.86 bits per heavy atom. The van der Waals surface area contributed by atoms with E-state index in [1.54, 1.807) is 0 Å². The summed E-state index contributed by atoms with van der Waals surface area (Å²) >= 11 is 0. The maximum atomic E-state index is 10.5. The summed E-state index contributed by atoms with van der Waals surface area (Å²) in [6, 6.07) is 33.1. The molecule has 37 heavy (non-hydrogen) atoms. The average molecular weight is 516 g/mol. The molecule has 3 aromatic carbocycles. The van der Waals surface area contributed by atoms with Gasteiger partial charge in [-0.1, -0.05) is 112 Å². The normalized spacial score (nSPS) is 20.3. The fourth-order valence-corrected chi connectivity index (χ4v) is 9.75. The van der Waals surface area contributed by atoms with Crippen LogP contribution in [0.3, 0.4) is 0 Å². The van der Waals surface area contributed by atoms with Crippen molar-refractivity contribution >= 4 is 18.7 Å². The topological polar surface area (TPSA) is 60.7 Å². The smallest absolute Gasteiger partial charge is 0.262 e. The molecule has 1 saturated heterocycles. The molecule has 194 valence electrons. The molecule has 0 amide bonds. The van der Waals surface area contributed by atoms with Crippen LogP contribution in [0.5, 0.6) is 0 Å². The Kier molecular flexibility index (Phi) is 8.32. The highest BCUT2D eigenvalue weighted by Crippen LogP contribution is 2.40. The first-order valence-electron chi connectivity index (χ1n) is 12.8. The molecule has 6 heteroatoms. The summed E-state index contributed by atoms with van der Waals surface area (Å²) in [4.78, 5) is 0. The second-order valence-electron chi connectivity index (χ2n) is 11.0. The van der Waals surface area contributed by atoms with Gasteiger partial charge in [0.25, 0.3) is 8.32 Å². The van der Waals surface area contributed by atoms with E-state index in [1.165, 1.54) is 0 Å². The zero-order valence-corrected chi connectivity index (χ0v) is 23.4. The number of ether oxygens (including phenoxy) is 3. The molecule has 3 atom stereocenters. The highest BCUT2D eigenvalue weighted by molar-refractivity contribution is 6.99. The number of rotatable bonds is 9. The monoisotopic (exact) mass is 515 g/mol. The minimum absolute atomic E-state index is 0.265. The molecule has 0 aromatic heterocycles. The first kappa shape index (κ1) is 27.2. The molecule has 0 saturated carbocycles. The highest BCUT2D eigenvalue weighted by atomic mass is 28.4. The van der Waals surface area contributed by atoms with Crippen molar-refractivity contribution in [1.29, 1.82) is 5.26 Å². The predicted molar refractivity (Wildman–Crippen MR) is 148 cm³/mol. The van der Waals surface area contributed by atoms with Crippen molar-refractivity contribution in [3.8, 4) is 6.07 Å². The number of nitriles is 1. The Bertz CT molecular complexity index is 1130. The van der Waals surface area contributed by atoms with E-state index in [4.69, 9.17) is 18.6 Å². The zero-order valence-electron chi connectivity index (χ0n) is 22.4. The Morgan fingerprint density at radius 2 is 1.38 bits per heavy atom. The van der Waals surface area contributed by atoms with Gasteiger partial charge in [0.05, 0.1) is 19.3 Å². The lowest BCUT2D eigenvalue weighted by atomic mass is 10.1. The van der Waals surface area contributed by atoms with Crippen molar-refractivity contribution in [3.63, 3.8) is 0 Å². The van der Waals surface area contributed by atoms with Gasteiger partial charge in [-0.15, -0.1) is 0 Å². The van der Waals surface area contributed by atoms with Crippen molar-refractivity contribution < 1.29 is 18.6 Å². The number of hydrogen-bond donors (Lipinski definition) is 0. The quantitative estimate of drug-likeness (QED) is 0.367. The van der Waals surface area contributed by atoms with Gasteiger partial charge in [-0.2, -0.15) is 5.26 Å². The van der Waals surface area contributed by atoms with E-state index >= 15 is 0 Å². The van der Waals surface area contributed by atoms with Gasteiger partial charge >= 0.3 is 0 Å². The molecule has 5 nitrogen and oxygen atoms in total. The van der Waals surface area contributed by atoms with Crippen LogP contribution in [0.4, 0.5) is 0 Å². The van der Waals surface area contributed by atoms with E-state index in [2.05, 4.69) is 51.1 Å². The van der Waals surface area contributed by atoms with Crippen LogP contribution in [-0.4, -0.2) is 39.0 Å². The van der Waals surface area contributed by atoms with E-state index in [9.17, 15) is 5.26 Å². The summed E-state index contributed by atoms with van der Waals surface area (Å²) < 4.78 is 25.7. The van der Waals surface area contributed by atoms with E-state index in [-0.39, 0.29) is 5.04 Å². The number of nitrogens with zero attached hydrogens (tertiary/aromatic N) is 1. The molecule has 0 spiro atoms. The standard InChI is InChI=1S/C31H37NO4Si/c1-30(2,3)37(25-17-11-7-12-18-25,26-19-13-8-14-20-26)36-27(21-32)29-28(34-31(4,5)35-29)23-33-22-24-15-9-6-10-16-24/h6-20,27-29H,22-23H2,1-5H3/t27-,28+,29-/m0/s1. The molecule has 3 aromatic rings. The van der Waals surface area contributed by atoms with Gasteiger partial charge in [0.1, 0.15) is 12.2 Å². The number of benzene rings is 3. The molecule has 0 bridgehead atoms. The Morgan fingerprint density at radius 1 is 0.865 bits per heavy atom. The lowest BCUT2D eigenvalue weighted by Gasteiger charge is -2.44. The van der Waals surface area contributed by atoms with Crippen LogP contribution in [-0.2, 0) is 25.2 Å². The van der Waals surface area contributed by atoms with Gasteiger partial charge in [0.2, 0.25) is 0 Å². The van der Waals surface area contributed by atoms with E-state index < -0.39 is 32.4 Å². The van der Waals surface area contributed by atoms with Crippen LogP contribution in [0.15, 0.2) is 91.0 Å². The molecule has 0 N–H and O–H groups in total. The van der Waals surface area contributed by atoms with Crippen LogP contribution in [0, 0.1) is 11.3 Å². The van der Waals surface area contributed by atoms with Crippen molar-refractivity contribution in [3.05, 3.63) is 96.6 Å². The van der Waals surface area contributed by atoms with Crippen LogP contribution in [0.25, 0.3) is 0 Å². The molecule has 0 aliphatic carbocycles. The predicted octanol–water partition coefficient (Wildman–Crippen LogP) is 5.19. The van der Waals surface area contributed by atoms with Crippen molar-refractivity contribution in [2.75, 3.05) is 6.61 Å². The van der Waals surface area contributed by atoms with Gasteiger partial charge < -0.3 is 18.6 Å². The summed E-state index contributed by atoms with van der Waals surface area (Å²) in [6.45, 7) is 11.1. The third kappa shape index (κ3) is 6.03. The Labute approximate surface area is 222 Å². The van der Waals surface area contributed by atoms with Gasteiger partial charge in [0, 0.05) is 0 Å². The SMILES string of the molecule is CC1(C)O[C@@H]([C@H](C#N)O[Si](c2ccccc2)(c2ccccc2)C(C)(C)C)[C@@H](COCc2ccccc2)O1. The van der Waals surface area contributed by atoms with E-state index in [1.807, 2.05) is 80.6 Å². The van der Waals surface area contributed by atoms with Gasteiger partial charge in [-0.25, -0.2) is 0 Å². The van der Waals surface area contributed by atoms with Crippen LogP contribution < -0.4 is 10.4 Å². The van der Waals surface area contributed by atoms with Gasteiger partial charge in [-0.3, -0.25) is 0 Å². The summed E-state index contributed by atoms with van der Waals surface area (Å²) in [7, 11) is -2.96. The largest absolute Gasteiger partial charge is 0.390 e. The molecule has 1 aliphatic heterocycles. The molecular formula is C31H37NO4Si. The van der Waals surface area contributed by atoms with Crippen LogP contribution in [0.2, 0.25) is 5.04 Å². The molecule has 0 unspecified atom stereocenters. The van der Waals surface area contributed by atoms with Crippen molar-refractivity contribution in [2.45, 2.75) is 70.4 Å². The van der Waals surface area contributed by atoms with Gasteiger partial charge in [0.15, 0.2) is 11.9 Å². The lowest BCUT2D eigenvalue weighted by molar-refractivity contribution is -0.155. The fourth-order valence-electron chi connectivity index (χ4n) is 5.16. The number of hydrogen-bond acceptors (Lipinski definition) is 5. The molecule has 0 radical (unpaired) electrons. The summed E-state index contributed by atoms with van der Waals surface area (Å²) in [5, 5.41) is 12.4. The summed E-state index contributed by atoms with van der Waals surface area (Å²) in [6.07, 6.45) is -1.89. The first-order valence-corrected chi connectivity index (χ1v) is 14.7. The maximum absolute atomic E-state index is 10.5. The Balaban J connectivity index is 1.67. The van der Waals surface area contributed by atoms with Crippen LogP contribution in [0.1, 0.15) is 40.2 Å². The molecule has 1 aliphatic rings. The summed E-state index contributed by atoms with van der Waals surface area (Å²) in [5.74, 6) is -0.852. The first-order chi connectivity index (χ1) is 17.7. The minimum Gasteiger partial charge on any atom is -0.390 e. The zero-order chi connectivity index (χ0) is 26.5. The average Bonchev–Trinajstić information content (AvgIpc) is 3.20. The second-order valence-corrected chi connectivity index (χ2v) is 15.2. The van der Waals surface area contributed by atoms with Gasteiger partial charge in [-0.05, 0) is 34.8 Å². The minimum atomic E-state index is -2.96. The van der Waals surface area contributed by atoms with Crippen LogP contribution >= 0.6 is 0 Å². The molecule has 4 rings (SSSR count).